The highest BCUT2D eigenvalue weighted by Crippen LogP contribution is 2.31. The molecule has 0 spiro atoms. The van der Waals surface area contributed by atoms with Gasteiger partial charge in [0, 0.05) is 12.8 Å². The van der Waals surface area contributed by atoms with E-state index in [0.717, 1.165) is 6.42 Å². The Morgan fingerprint density at radius 1 is 1.53 bits per heavy atom. The summed E-state index contributed by atoms with van der Waals surface area (Å²) in [4.78, 5) is 0. The normalized spacial score (nSPS) is 22.3. The molecule has 0 radical (unpaired) electrons. The molecule has 1 unspecified atom stereocenters. The van der Waals surface area contributed by atoms with E-state index in [9.17, 15) is 13.2 Å². The summed E-state index contributed by atoms with van der Waals surface area (Å²) in [6, 6.07) is -0.0557. The van der Waals surface area contributed by atoms with Gasteiger partial charge >= 0.3 is 6.18 Å². The number of nitrogens with zero attached hydrogens (tertiary/aromatic N) is 2. The highest BCUT2D eigenvalue weighted by Gasteiger charge is 2.36. The Kier molecular flexibility index (Phi) is 2.46. The second kappa shape index (κ2) is 3.52. The fourth-order valence-corrected chi connectivity index (χ4v) is 1.68. The SMILES string of the molecule is Cc1cn(C2CCOC2)nc1C(F)(F)F. The molecule has 1 aromatic rings. The minimum Gasteiger partial charge on any atom is -0.379 e. The van der Waals surface area contributed by atoms with Crippen LogP contribution in [0.2, 0.25) is 0 Å². The molecule has 0 aliphatic carbocycles. The highest BCUT2D eigenvalue weighted by atomic mass is 19.4. The Hall–Kier alpha value is -1.04. The Morgan fingerprint density at radius 3 is 2.73 bits per heavy atom. The summed E-state index contributed by atoms with van der Waals surface area (Å²) >= 11 is 0. The predicted molar refractivity (Wildman–Crippen MR) is 46.4 cm³/mol. The van der Waals surface area contributed by atoms with Gasteiger partial charge in [-0.25, -0.2) is 0 Å². The molecule has 6 heteroatoms. The van der Waals surface area contributed by atoms with Crippen molar-refractivity contribution in [3.8, 4) is 0 Å². The molecule has 1 aliphatic rings. The largest absolute Gasteiger partial charge is 0.435 e. The number of halogens is 3. The molecule has 0 amide bonds. The first-order valence-electron chi connectivity index (χ1n) is 4.69. The average Bonchev–Trinajstić information content (AvgIpc) is 2.68. The van der Waals surface area contributed by atoms with Gasteiger partial charge in [0.15, 0.2) is 5.69 Å². The van der Waals surface area contributed by atoms with Crippen LogP contribution in [0.25, 0.3) is 0 Å². The van der Waals surface area contributed by atoms with Gasteiger partial charge in [-0.15, -0.1) is 0 Å². The number of aryl methyl sites for hydroxylation is 1. The third-order valence-electron chi connectivity index (χ3n) is 2.46. The third-order valence-corrected chi connectivity index (χ3v) is 2.46. The van der Waals surface area contributed by atoms with Crippen molar-refractivity contribution >= 4 is 0 Å². The summed E-state index contributed by atoms with van der Waals surface area (Å²) in [5, 5.41) is 3.57. The standard InChI is InChI=1S/C9H11F3N2O/c1-6-4-14(7-2-3-15-5-7)13-8(6)9(10,11)12/h4,7H,2-3,5H2,1H3. The first-order chi connectivity index (χ1) is 6.98. The van der Waals surface area contributed by atoms with E-state index in [1.54, 1.807) is 0 Å². The molecular formula is C9H11F3N2O. The Bertz CT molecular complexity index is 353. The summed E-state index contributed by atoms with van der Waals surface area (Å²) in [6.07, 6.45) is -2.21. The number of hydrogen-bond acceptors (Lipinski definition) is 2. The van der Waals surface area contributed by atoms with E-state index in [4.69, 9.17) is 4.74 Å². The molecular weight excluding hydrogens is 209 g/mol. The molecule has 1 fully saturated rings. The summed E-state index contributed by atoms with van der Waals surface area (Å²) in [7, 11) is 0. The van der Waals surface area contributed by atoms with Gasteiger partial charge in [-0.3, -0.25) is 4.68 Å². The average molecular weight is 220 g/mol. The highest BCUT2D eigenvalue weighted by molar-refractivity contribution is 5.18. The van der Waals surface area contributed by atoms with E-state index < -0.39 is 11.9 Å². The van der Waals surface area contributed by atoms with E-state index in [1.165, 1.54) is 17.8 Å². The molecule has 1 saturated heterocycles. The molecule has 0 bridgehead atoms. The number of hydrogen-bond donors (Lipinski definition) is 0. The first-order valence-corrected chi connectivity index (χ1v) is 4.69. The van der Waals surface area contributed by atoms with Gasteiger partial charge in [0.2, 0.25) is 0 Å². The van der Waals surface area contributed by atoms with Gasteiger partial charge < -0.3 is 4.74 Å². The van der Waals surface area contributed by atoms with Crippen LogP contribution < -0.4 is 0 Å². The molecule has 84 valence electrons. The molecule has 3 nitrogen and oxygen atoms in total. The maximum atomic E-state index is 12.4. The van der Waals surface area contributed by atoms with Crippen LogP contribution in [0.1, 0.15) is 23.7 Å². The zero-order chi connectivity index (χ0) is 11.1. The first kappa shape index (κ1) is 10.5. The monoisotopic (exact) mass is 220 g/mol. The Morgan fingerprint density at radius 2 is 2.27 bits per heavy atom. The van der Waals surface area contributed by atoms with Gasteiger partial charge in [0.05, 0.1) is 12.6 Å². The fraction of sp³-hybridized carbons (Fsp3) is 0.667. The van der Waals surface area contributed by atoms with Crippen molar-refractivity contribution in [2.24, 2.45) is 0 Å². The van der Waals surface area contributed by atoms with Gasteiger partial charge in [0.25, 0.3) is 0 Å². The second-order valence-corrected chi connectivity index (χ2v) is 3.66. The van der Waals surface area contributed by atoms with Crippen LogP contribution in [0, 0.1) is 6.92 Å². The lowest BCUT2D eigenvalue weighted by molar-refractivity contribution is -0.142. The van der Waals surface area contributed by atoms with Crippen molar-refractivity contribution in [1.82, 2.24) is 9.78 Å². The van der Waals surface area contributed by atoms with E-state index in [0.29, 0.717) is 13.2 Å². The molecule has 0 saturated carbocycles. The summed E-state index contributed by atoms with van der Waals surface area (Å²) < 4.78 is 43.8. The van der Waals surface area contributed by atoms with Crippen molar-refractivity contribution in [3.05, 3.63) is 17.5 Å². The molecule has 0 N–H and O–H groups in total. The van der Waals surface area contributed by atoms with Gasteiger partial charge in [-0.05, 0) is 18.9 Å². The lowest BCUT2D eigenvalue weighted by Gasteiger charge is -2.07. The van der Waals surface area contributed by atoms with Crippen molar-refractivity contribution in [2.75, 3.05) is 13.2 Å². The quantitative estimate of drug-likeness (QED) is 0.725. The Balaban J connectivity index is 2.28. The molecule has 1 atom stereocenters. The van der Waals surface area contributed by atoms with Crippen LogP contribution in [-0.2, 0) is 10.9 Å². The number of aromatic nitrogens is 2. The molecule has 1 aliphatic heterocycles. The second-order valence-electron chi connectivity index (χ2n) is 3.66. The zero-order valence-electron chi connectivity index (χ0n) is 8.21. The van der Waals surface area contributed by atoms with E-state index in [1.807, 2.05) is 0 Å². The predicted octanol–water partition coefficient (Wildman–Crippen LogP) is 2.17. The summed E-state index contributed by atoms with van der Waals surface area (Å²) in [6.45, 7) is 2.45. The van der Waals surface area contributed by atoms with Crippen molar-refractivity contribution in [1.29, 1.82) is 0 Å². The lowest BCUT2D eigenvalue weighted by atomic mass is 10.2. The minimum atomic E-state index is -4.37. The molecule has 2 heterocycles. The Labute approximate surface area is 84.8 Å². The van der Waals surface area contributed by atoms with Gasteiger partial charge in [0.1, 0.15) is 0 Å². The van der Waals surface area contributed by atoms with E-state index >= 15 is 0 Å². The van der Waals surface area contributed by atoms with Crippen LogP contribution in [0.4, 0.5) is 13.2 Å². The smallest absolute Gasteiger partial charge is 0.379 e. The summed E-state index contributed by atoms with van der Waals surface area (Å²) in [5.74, 6) is 0. The van der Waals surface area contributed by atoms with Crippen LogP contribution in [0.3, 0.4) is 0 Å². The van der Waals surface area contributed by atoms with Gasteiger partial charge in [-0.1, -0.05) is 0 Å². The molecule has 0 aromatic carbocycles. The maximum Gasteiger partial charge on any atom is 0.435 e. The number of alkyl halides is 3. The van der Waals surface area contributed by atoms with Crippen molar-refractivity contribution < 1.29 is 17.9 Å². The van der Waals surface area contributed by atoms with Gasteiger partial charge in [-0.2, -0.15) is 18.3 Å². The number of ether oxygens (including phenoxy) is 1. The number of rotatable bonds is 1. The lowest BCUT2D eigenvalue weighted by Crippen LogP contribution is -2.12. The van der Waals surface area contributed by atoms with Crippen LogP contribution in [0.5, 0.6) is 0 Å². The van der Waals surface area contributed by atoms with E-state index in [-0.39, 0.29) is 11.6 Å². The van der Waals surface area contributed by atoms with Crippen molar-refractivity contribution in [2.45, 2.75) is 25.6 Å². The topological polar surface area (TPSA) is 27.1 Å². The van der Waals surface area contributed by atoms with E-state index in [2.05, 4.69) is 5.10 Å². The van der Waals surface area contributed by atoms with Crippen LogP contribution in [-0.4, -0.2) is 23.0 Å². The minimum absolute atomic E-state index is 0.0557. The van der Waals surface area contributed by atoms with Crippen LogP contribution in [0.15, 0.2) is 6.20 Å². The molecule has 15 heavy (non-hydrogen) atoms. The summed E-state index contributed by atoms with van der Waals surface area (Å²) in [5.41, 5.74) is -0.635. The van der Waals surface area contributed by atoms with Crippen molar-refractivity contribution in [3.63, 3.8) is 0 Å². The third kappa shape index (κ3) is 1.99. The molecule has 1 aromatic heterocycles. The zero-order valence-corrected chi connectivity index (χ0v) is 8.21. The fourth-order valence-electron chi connectivity index (χ4n) is 1.68. The maximum absolute atomic E-state index is 12.4. The van der Waals surface area contributed by atoms with Crippen LogP contribution >= 0.6 is 0 Å². The molecule has 2 rings (SSSR count).